The van der Waals surface area contributed by atoms with Crippen molar-refractivity contribution in [1.29, 1.82) is 0 Å². The zero-order valence-electron chi connectivity index (χ0n) is 15.3. The number of hydrogen-bond acceptors (Lipinski definition) is 7. The number of cyclic esters (lactones) is 1. The van der Waals surface area contributed by atoms with Crippen molar-refractivity contribution in [2.75, 3.05) is 14.2 Å². The van der Waals surface area contributed by atoms with E-state index in [4.69, 9.17) is 18.9 Å². The molecule has 0 atom stereocenters. The number of ether oxygens (including phenoxy) is 4. The molecule has 1 aliphatic heterocycles. The van der Waals surface area contributed by atoms with Crippen LogP contribution in [-0.4, -0.2) is 32.1 Å². The Hall–Kier alpha value is -3.13. The van der Waals surface area contributed by atoms with Gasteiger partial charge in [-0.1, -0.05) is 6.07 Å². The number of benzene rings is 2. The van der Waals surface area contributed by atoms with E-state index in [-0.39, 0.29) is 17.3 Å². The van der Waals surface area contributed by atoms with Crippen LogP contribution in [0.2, 0.25) is 0 Å². The minimum absolute atomic E-state index is 0.139. The summed E-state index contributed by atoms with van der Waals surface area (Å²) in [5.41, 5.74) is 1.40. The lowest BCUT2D eigenvalue weighted by Gasteiger charge is -2.08. The van der Waals surface area contributed by atoms with Crippen LogP contribution in [0.25, 0.3) is 6.08 Å². The maximum absolute atomic E-state index is 12.2. The summed E-state index contributed by atoms with van der Waals surface area (Å²) in [7, 11) is 3.02. The second kappa shape index (κ2) is 8.26. The maximum atomic E-state index is 12.2. The highest BCUT2D eigenvalue weighted by Crippen LogP contribution is 2.31. The van der Waals surface area contributed by atoms with Crippen molar-refractivity contribution in [1.82, 2.24) is 0 Å². The first-order valence-electron chi connectivity index (χ1n) is 8.14. The first-order chi connectivity index (χ1) is 13.4. The van der Waals surface area contributed by atoms with E-state index < -0.39 is 11.9 Å². The van der Waals surface area contributed by atoms with Gasteiger partial charge in [0.25, 0.3) is 0 Å². The van der Waals surface area contributed by atoms with Gasteiger partial charge in [0, 0.05) is 11.4 Å². The lowest BCUT2D eigenvalue weighted by Crippen LogP contribution is -2.06. The van der Waals surface area contributed by atoms with Crippen molar-refractivity contribution >= 4 is 39.8 Å². The van der Waals surface area contributed by atoms with Crippen LogP contribution in [0.3, 0.4) is 0 Å². The molecule has 8 heteroatoms. The predicted molar refractivity (Wildman–Crippen MR) is 106 cm³/mol. The van der Waals surface area contributed by atoms with Gasteiger partial charge in [0.2, 0.25) is 5.90 Å². The number of carbonyl (C=O) groups is 2. The third-order valence-corrected chi connectivity index (χ3v) is 4.43. The van der Waals surface area contributed by atoms with Crippen molar-refractivity contribution < 1.29 is 28.5 Å². The Labute approximate surface area is 169 Å². The summed E-state index contributed by atoms with van der Waals surface area (Å²) in [4.78, 5) is 27.7. The van der Waals surface area contributed by atoms with Gasteiger partial charge in [-0.15, -0.1) is 0 Å². The molecule has 0 amide bonds. The van der Waals surface area contributed by atoms with Gasteiger partial charge >= 0.3 is 11.9 Å². The lowest BCUT2D eigenvalue weighted by atomic mass is 10.1. The molecule has 0 fully saturated rings. The van der Waals surface area contributed by atoms with Gasteiger partial charge in [0.15, 0.2) is 17.2 Å². The average molecular weight is 446 g/mol. The van der Waals surface area contributed by atoms with E-state index in [0.29, 0.717) is 27.1 Å². The van der Waals surface area contributed by atoms with Crippen LogP contribution in [0.4, 0.5) is 0 Å². The number of halogens is 1. The molecular weight excluding hydrogens is 430 g/mol. The first kappa shape index (κ1) is 19.6. The molecule has 0 N–H and O–H groups in total. The van der Waals surface area contributed by atoms with Crippen LogP contribution < -0.4 is 14.2 Å². The smallest absolute Gasteiger partial charge is 0.363 e. The molecule has 7 nitrogen and oxygen atoms in total. The van der Waals surface area contributed by atoms with Gasteiger partial charge in [-0.2, -0.15) is 0 Å². The Morgan fingerprint density at radius 1 is 1.11 bits per heavy atom. The minimum Gasteiger partial charge on any atom is -0.497 e. The zero-order valence-corrected chi connectivity index (χ0v) is 16.9. The Balaban J connectivity index is 1.92. The van der Waals surface area contributed by atoms with Crippen LogP contribution >= 0.6 is 15.9 Å². The summed E-state index contributed by atoms with van der Waals surface area (Å²) in [5.74, 6) is 0.477. The molecule has 0 bridgehead atoms. The van der Waals surface area contributed by atoms with Gasteiger partial charge in [0.1, 0.15) is 5.75 Å². The fourth-order valence-corrected chi connectivity index (χ4v) is 3.02. The molecule has 0 unspecified atom stereocenters. The second-order valence-electron chi connectivity index (χ2n) is 5.69. The monoisotopic (exact) mass is 445 g/mol. The molecule has 1 heterocycles. The largest absolute Gasteiger partial charge is 0.497 e. The molecule has 0 radical (unpaired) electrons. The SMILES string of the molecule is COc1ccc(C2=NC(=Cc3ccc(OC(C)=O)c(OC)c3)C(=O)O2)c(Br)c1. The molecular formula is C20H16BrNO6. The van der Waals surface area contributed by atoms with E-state index in [1.807, 2.05) is 0 Å². The summed E-state index contributed by atoms with van der Waals surface area (Å²) in [6.07, 6.45) is 1.56. The molecule has 0 saturated carbocycles. The Bertz CT molecular complexity index is 1010. The van der Waals surface area contributed by atoms with Crippen molar-refractivity contribution in [2.45, 2.75) is 6.92 Å². The van der Waals surface area contributed by atoms with Crippen molar-refractivity contribution in [3.05, 3.63) is 57.7 Å². The molecule has 144 valence electrons. The van der Waals surface area contributed by atoms with E-state index in [1.54, 1.807) is 49.6 Å². The number of methoxy groups -OCH3 is 2. The van der Waals surface area contributed by atoms with E-state index in [2.05, 4.69) is 20.9 Å². The van der Waals surface area contributed by atoms with Gasteiger partial charge in [-0.3, -0.25) is 4.79 Å². The number of rotatable bonds is 5. The Morgan fingerprint density at radius 2 is 1.89 bits per heavy atom. The summed E-state index contributed by atoms with van der Waals surface area (Å²) < 4.78 is 21.4. The second-order valence-corrected chi connectivity index (χ2v) is 6.54. The third kappa shape index (κ3) is 4.23. The molecule has 0 aromatic heterocycles. The highest BCUT2D eigenvalue weighted by molar-refractivity contribution is 9.10. The standard InChI is InChI=1S/C20H16BrNO6/c1-11(23)27-17-7-4-12(9-18(17)26-3)8-16-20(24)28-19(22-16)14-6-5-13(25-2)10-15(14)21/h4-10H,1-3H3. The molecule has 0 saturated heterocycles. The third-order valence-electron chi connectivity index (χ3n) is 3.77. The summed E-state index contributed by atoms with van der Waals surface area (Å²) in [6.45, 7) is 1.30. The number of nitrogens with zero attached hydrogens (tertiary/aromatic N) is 1. The van der Waals surface area contributed by atoms with Crippen molar-refractivity contribution in [3.8, 4) is 17.2 Å². The van der Waals surface area contributed by atoms with Crippen LogP contribution in [0.15, 0.2) is 51.6 Å². The first-order valence-corrected chi connectivity index (χ1v) is 8.93. The topological polar surface area (TPSA) is 83.4 Å². The van der Waals surface area contributed by atoms with E-state index in [9.17, 15) is 9.59 Å². The van der Waals surface area contributed by atoms with Crippen LogP contribution in [-0.2, 0) is 14.3 Å². The average Bonchev–Trinajstić information content (AvgIpc) is 3.02. The van der Waals surface area contributed by atoms with Gasteiger partial charge in [-0.05, 0) is 57.9 Å². The molecule has 0 aliphatic carbocycles. The summed E-state index contributed by atoms with van der Waals surface area (Å²) in [5, 5.41) is 0. The normalized spacial score (nSPS) is 14.5. The van der Waals surface area contributed by atoms with E-state index in [1.165, 1.54) is 14.0 Å². The van der Waals surface area contributed by atoms with Crippen molar-refractivity contribution in [3.63, 3.8) is 0 Å². The number of carbonyl (C=O) groups excluding carboxylic acids is 2. The molecule has 0 spiro atoms. The fraction of sp³-hybridized carbons (Fsp3) is 0.150. The summed E-state index contributed by atoms with van der Waals surface area (Å²) >= 11 is 3.42. The lowest BCUT2D eigenvalue weighted by molar-refractivity contribution is -0.132. The molecule has 2 aromatic rings. The van der Waals surface area contributed by atoms with Gasteiger partial charge in [0.05, 0.1) is 19.8 Å². The van der Waals surface area contributed by atoms with Crippen molar-refractivity contribution in [2.24, 2.45) is 4.99 Å². The molecule has 3 rings (SSSR count). The molecule has 28 heavy (non-hydrogen) atoms. The van der Waals surface area contributed by atoms with Gasteiger partial charge < -0.3 is 18.9 Å². The molecule has 1 aliphatic rings. The highest BCUT2D eigenvalue weighted by atomic mass is 79.9. The summed E-state index contributed by atoms with van der Waals surface area (Å²) in [6, 6.07) is 10.1. The molecule has 2 aromatic carbocycles. The number of aliphatic imine (C=N–C) groups is 1. The van der Waals surface area contributed by atoms with Crippen LogP contribution in [0, 0.1) is 0 Å². The fourth-order valence-electron chi connectivity index (χ4n) is 2.49. The number of hydrogen-bond donors (Lipinski definition) is 0. The Morgan fingerprint density at radius 3 is 2.54 bits per heavy atom. The predicted octanol–water partition coefficient (Wildman–Crippen LogP) is 3.74. The highest BCUT2D eigenvalue weighted by Gasteiger charge is 2.25. The van der Waals surface area contributed by atoms with Gasteiger partial charge in [-0.25, -0.2) is 9.79 Å². The van der Waals surface area contributed by atoms with E-state index >= 15 is 0 Å². The van der Waals surface area contributed by atoms with Crippen LogP contribution in [0.1, 0.15) is 18.1 Å². The maximum Gasteiger partial charge on any atom is 0.363 e. The quantitative estimate of drug-likeness (QED) is 0.396. The Kier molecular flexibility index (Phi) is 5.79. The van der Waals surface area contributed by atoms with Crippen LogP contribution in [0.5, 0.6) is 17.2 Å². The van der Waals surface area contributed by atoms with E-state index in [0.717, 1.165) is 0 Å². The number of esters is 2. The zero-order chi connectivity index (χ0) is 20.3. The minimum atomic E-state index is -0.569.